The quantitative estimate of drug-likeness (QED) is 0.570. The summed E-state index contributed by atoms with van der Waals surface area (Å²) in [6, 6.07) is -0.731. The number of rotatable bonds is 4. The van der Waals surface area contributed by atoms with Crippen LogP contribution in [0.25, 0.3) is 5.00 Å². The van der Waals surface area contributed by atoms with Gasteiger partial charge in [0.2, 0.25) is 0 Å². The van der Waals surface area contributed by atoms with E-state index in [1.165, 1.54) is 24.2 Å². The van der Waals surface area contributed by atoms with Gasteiger partial charge in [-0.2, -0.15) is 10.2 Å². The fourth-order valence-electron chi connectivity index (χ4n) is 2.21. The summed E-state index contributed by atoms with van der Waals surface area (Å²) in [5.41, 5.74) is 2.38. The van der Waals surface area contributed by atoms with Gasteiger partial charge in [-0.25, -0.2) is 24.8 Å². The Hall–Kier alpha value is -3.15. The van der Waals surface area contributed by atoms with E-state index < -0.39 is 23.7 Å². The molecule has 2 aromatic rings. The van der Waals surface area contributed by atoms with E-state index in [0.717, 1.165) is 16.3 Å². The Morgan fingerprint density at radius 2 is 1.86 bits per heavy atom. The van der Waals surface area contributed by atoms with Gasteiger partial charge in [-0.15, -0.1) is 4.80 Å². The van der Waals surface area contributed by atoms with Crippen molar-refractivity contribution in [2.45, 2.75) is 40.2 Å². The summed E-state index contributed by atoms with van der Waals surface area (Å²) in [7, 11) is 1.35. The highest BCUT2D eigenvalue weighted by molar-refractivity contribution is 7.19. The maximum Gasteiger partial charge on any atom is 0.428 e. The molecule has 2 rings (SSSR count). The topological polar surface area (TPSA) is 128 Å². The van der Waals surface area contributed by atoms with Gasteiger partial charge >= 0.3 is 18.1 Å². The molecule has 0 saturated carbocycles. The Kier molecular flexibility index (Phi) is 6.80. The van der Waals surface area contributed by atoms with Crippen LogP contribution in [0.1, 0.15) is 43.6 Å². The second kappa shape index (κ2) is 8.90. The van der Waals surface area contributed by atoms with E-state index >= 15 is 0 Å². The van der Waals surface area contributed by atoms with Crippen LogP contribution in [0.3, 0.4) is 0 Å². The summed E-state index contributed by atoms with van der Waals surface area (Å²) in [5.74, 6) is -0.588. The number of esters is 1. The number of hydrogen-bond acceptors (Lipinski definition) is 8. The lowest BCUT2D eigenvalue weighted by atomic mass is 10.2. The Morgan fingerprint density at radius 3 is 2.41 bits per heavy atom. The Bertz CT molecular complexity index is 887. The number of carbonyl (C=O) groups is 3. The highest BCUT2D eigenvalue weighted by Gasteiger charge is 2.26. The van der Waals surface area contributed by atoms with Crippen molar-refractivity contribution < 1.29 is 23.9 Å². The minimum absolute atomic E-state index is 0.177. The SMILES string of the molecule is CCOC(=O)c1c(NC(=O)NN(C)C(=O)OC(C)(C)C)sc(-n2nccn2)c1C. The predicted octanol–water partition coefficient (Wildman–Crippen LogP) is 2.72. The van der Waals surface area contributed by atoms with Crippen LogP contribution in [0.15, 0.2) is 12.4 Å². The monoisotopic (exact) mass is 424 g/mol. The maximum absolute atomic E-state index is 12.4. The molecule has 2 heterocycles. The summed E-state index contributed by atoms with van der Waals surface area (Å²) in [5, 5.41) is 12.4. The van der Waals surface area contributed by atoms with Crippen molar-refractivity contribution in [1.29, 1.82) is 0 Å². The highest BCUT2D eigenvalue weighted by Crippen LogP contribution is 2.35. The molecule has 3 amide bonds. The number of ether oxygens (including phenoxy) is 2. The normalized spacial score (nSPS) is 11.0. The summed E-state index contributed by atoms with van der Waals surface area (Å²) in [6.07, 6.45) is 2.26. The molecule has 0 saturated heterocycles. The fourth-order valence-corrected chi connectivity index (χ4v) is 3.32. The molecule has 0 unspecified atom stereocenters. The molecule has 2 N–H and O–H groups in total. The largest absolute Gasteiger partial charge is 0.462 e. The Morgan fingerprint density at radius 1 is 1.24 bits per heavy atom. The molecule has 0 aliphatic carbocycles. The van der Waals surface area contributed by atoms with Crippen molar-refractivity contribution in [3.8, 4) is 5.00 Å². The van der Waals surface area contributed by atoms with Gasteiger partial charge in [-0.3, -0.25) is 5.32 Å². The minimum Gasteiger partial charge on any atom is -0.462 e. The summed E-state index contributed by atoms with van der Waals surface area (Å²) in [4.78, 5) is 38.1. The van der Waals surface area contributed by atoms with Crippen LogP contribution in [-0.4, -0.2) is 57.4 Å². The standard InChI is InChI=1S/C17H24N6O5S/c1-7-27-14(24)11-10(2)13(23-18-8-9-19-23)29-12(11)20-15(25)21-22(6)16(26)28-17(3,4)5/h8-9H,7H2,1-6H3,(H2,20,21,25). The van der Waals surface area contributed by atoms with Gasteiger partial charge in [-0.05, 0) is 34.6 Å². The summed E-state index contributed by atoms with van der Waals surface area (Å²) in [6.45, 7) is 8.70. The number of amides is 3. The average molecular weight is 424 g/mol. The van der Waals surface area contributed by atoms with Crippen molar-refractivity contribution in [3.63, 3.8) is 0 Å². The number of nitrogens with one attached hydrogen (secondary N) is 2. The van der Waals surface area contributed by atoms with Gasteiger partial charge in [0.05, 0.1) is 24.6 Å². The van der Waals surface area contributed by atoms with Crippen LogP contribution in [0.2, 0.25) is 0 Å². The molecule has 0 radical (unpaired) electrons. The minimum atomic E-state index is -0.734. The molecule has 11 nitrogen and oxygen atoms in total. The number of hydrogen-bond donors (Lipinski definition) is 2. The fraction of sp³-hybridized carbons (Fsp3) is 0.471. The first-order valence-electron chi connectivity index (χ1n) is 8.75. The number of carbonyl (C=O) groups excluding carboxylic acids is 3. The molecular weight excluding hydrogens is 400 g/mol. The molecule has 0 aliphatic heterocycles. The van der Waals surface area contributed by atoms with E-state index in [1.807, 2.05) is 0 Å². The van der Waals surface area contributed by atoms with Crippen molar-refractivity contribution in [2.24, 2.45) is 0 Å². The van der Waals surface area contributed by atoms with Gasteiger partial charge in [0.15, 0.2) is 0 Å². The summed E-state index contributed by atoms with van der Waals surface area (Å²) >= 11 is 1.10. The zero-order valence-corrected chi connectivity index (χ0v) is 17.9. The van der Waals surface area contributed by atoms with Gasteiger partial charge in [0.1, 0.15) is 15.6 Å². The molecule has 0 atom stereocenters. The van der Waals surface area contributed by atoms with E-state index in [4.69, 9.17) is 9.47 Å². The number of hydrazine groups is 1. The van der Waals surface area contributed by atoms with Crippen molar-refractivity contribution in [2.75, 3.05) is 19.0 Å². The molecule has 0 aliphatic rings. The lowest BCUT2D eigenvalue weighted by Crippen LogP contribution is -2.47. The molecular formula is C17H24N6O5S. The third-order valence-corrected chi connectivity index (χ3v) is 4.54. The number of anilines is 1. The third kappa shape index (κ3) is 5.67. The first-order chi connectivity index (χ1) is 13.5. The lowest BCUT2D eigenvalue weighted by Gasteiger charge is -2.24. The molecule has 0 bridgehead atoms. The predicted molar refractivity (Wildman–Crippen MR) is 106 cm³/mol. The zero-order valence-electron chi connectivity index (χ0n) is 17.1. The first kappa shape index (κ1) is 22.1. The molecule has 2 aromatic heterocycles. The van der Waals surface area contributed by atoms with Gasteiger partial charge in [0.25, 0.3) is 0 Å². The number of aromatic nitrogens is 3. The van der Waals surface area contributed by atoms with E-state index in [2.05, 4.69) is 20.9 Å². The Labute approximate surface area is 171 Å². The highest BCUT2D eigenvalue weighted by atomic mass is 32.1. The number of nitrogens with zero attached hydrogens (tertiary/aromatic N) is 4. The van der Waals surface area contributed by atoms with E-state index in [-0.39, 0.29) is 17.2 Å². The first-order valence-corrected chi connectivity index (χ1v) is 9.56. The van der Waals surface area contributed by atoms with Crippen LogP contribution in [0, 0.1) is 6.92 Å². The maximum atomic E-state index is 12.4. The molecule has 158 valence electrons. The smallest absolute Gasteiger partial charge is 0.428 e. The van der Waals surface area contributed by atoms with Gasteiger partial charge in [-0.1, -0.05) is 11.3 Å². The van der Waals surface area contributed by atoms with Crippen molar-refractivity contribution >= 4 is 34.4 Å². The Balaban J connectivity index is 2.22. The molecule has 12 heteroatoms. The van der Waals surface area contributed by atoms with E-state index in [1.54, 1.807) is 34.6 Å². The van der Waals surface area contributed by atoms with Gasteiger partial charge in [0, 0.05) is 12.6 Å². The van der Waals surface area contributed by atoms with Crippen LogP contribution >= 0.6 is 11.3 Å². The lowest BCUT2D eigenvalue weighted by molar-refractivity contribution is 0.0233. The zero-order chi connectivity index (χ0) is 21.8. The third-order valence-electron chi connectivity index (χ3n) is 3.37. The van der Waals surface area contributed by atoms with Crippen LogP contribution in [0.5, 0.6) is 0 Å². The molecule has 29 heavy (non-hydrogen) atoms. The second-order valence-corrected chi connectivity index (χ2v) is 7.88. The summed E-state index contributed by atoms with van der Waals surface area (Å²) < 4.78 is 10.3. The van der Waals surface area contributed by atoms with Gasteiger partial charge < -0.3 is 9.47 Å². The second-order valence-electron chi connectivity index (χ2n) is 6.88. The van der Waals surface area contributed by atoms with Crippen molar-refractivity contribution in [1.82, 2.24) is 25.4 Å². The molecule has 0 aromatic carbocycles. The number of urea groups is 1. The molecule has 0 spiro atoms. The van der Waals surface area contributed by atoms with Crippen LogP contribution < -0.4 is 10.7 Å². The molecule has 0 fully saturated rings. The van der Waals surface area contributed by atoms with E-state index in [9.17, 15) is 14.4 Å². The number of thiophene rings is 1. The van der Waals surface area contributed by atoms with Crippen molar-refractivity contribution in [3.05, 3.63) is 23.5 Å². The average Bonchev–Trinajstić information content (AvgIpc) is 3.21. The van der Waals surface area contributed by atoms with Crippen LogP contribution in [-0.2, 0) is 9.47 Å². The van der Waals surface area contributed by atoms with Crippen LogP contribution in [0.4, 0.5) is 14.6 Å². The van der Waals surface area contributed by atoms with E-state index in [0.29, 0.717) is 10.6 Å².